The minimum Gasteiger partial charge on any atom is -0.493 e. The van der Waals surface area contributed by atoms with Crippen LogP contribution in [0.2, 0.25) is 0 Å². The number of esters is 1. The zero-order chi connectivity index (χ0) is 10.8. The standard InChI is InChI=1S/C11H13NO3/c1-14-11(13)4-7-6-15-10-3-2-8(12)5-9(7)10/h2-3,5,7H,4,6,12H2,1H3. The van der Waals surface area contributed by atoms with E-state index in [2.05, 4.69) is 4.74 Å². The van der Waals surface area contributed by atoms with Crippen molar-refractivity contribution in [1.82, 2.24) is 0 Å². The van der Waals surface area contributed by atoms with Crippen molar-refractivity contribution in [3.63, 3.8) is 0 Å². The molecule has 1 unspecified atom stereocenters. The lowest BCUT2D eigenvalue weighted by Crippen LogP contribution is -2.09. The van der Waals surface area contributed by atoms with Gasteiger partial charge in [0.05, 0.1) is 20.1 Å². The molecule has 4 nitrogen and oxygen atoms in total. The summed E-state index contributed by atoms with van der Waals surface area (Å²) in [6.07, 6.45) is 0.340. The molecule has 0 spiro atoms. The molecule has 0 saturated heterocycles. The predicted molar refractivity (Wildman–Crippen MR) is 55.7 cm³/mol. The summed E-state index contributed by atoms with van der Waals surface area (Å²) >= 11 is 0. The first-order chi connectivity index (χ1) is 7.20. The van der Waals surface area contributed by atoms with Crippen LogP contribution in [-0.4, -0.2) is 19.7 Å². The highest BCUT2D eigenvalue weighted by Crippen LogP contribution is 2.37. The first-order valence-electron chi connectivity index (χ1n) is 4.79. The van der Waals surface area contributed by atoms with Crippen molar-refractivity contribution in [1.29, 1.82) is 0 Å². The average Bonchev–Trinajstić information content (AvgIpc) is 2.61. The van der Waals surface area contributed by atoms with E-state index in [4.69, 9.17) is 10.5 Å². The molecule has 80 valence electrons. The number of methoxy groups -OCH3 is 1. The van der Waals surface area contributed by atoms with Gasteiger partial charge in [-0.3, -0.25) is 4.79 Å². The van der Waals surface area contributed by atoms with Crippen LogP contribution in [0.25, 0.3) is 0 Å². The molecule has 0 fully saturated rings. The van der Waals surface area contributed by atoms with Gasteiger partial charge in [0.1, 0.15) is 5.75 Å². The highest BCUT2D eigenvalue weighted by molar-refractivity contribution is 5.71. The molecule has 0 bridgehead atoms. The van der Waals surface area contributed by atoms with E-state index in [1.165, 1.54) is 7.11 Å². The van der Waals surface area contributed by atoms with Crippen LogP contribution >= 0.6 is 0 Å². The fourth-order valence-electron chi connectivity index (χ4n) is 1.75. The number of fused-ring (bicyclic) bond motifs is 1. The summed E-state index contributed by atoms with van der Waals surface area (Å²) < 4.78 is 10.1. The number of carbonyl (C=O) groups excluding carboxylic acids is 1. The Kier molecular flexibility index (Phi) is 2.49. The molecule has 1 heterocycles. The van der Waals surface area contributed by atoms with Gasteiger partial charge >= 0.3 is 5.97 Å². The van der Waals surface area contributed by atoms with Crippen molar-refractivity contribution in [2.75, 3.05) is 19.5 Å². The first kappa shape index (κ1) is 9.83. The molecule has 0 aliphatic carbocycles. The second-order valence-corrected chi connectivity index (χ2v) is 3.59. The summed E-state index contributed by atoms with van der Waals surface area (Å²) in [5.74, 6) is 0.660. The molecule has 1 aliphatic heterocycles. The lowest BCUT2D eigenvalue weighted by Gasteiger charge is -2.06. The smallest absolute Gasteiger partial charge is 0.306 e. The van der Waals surface area contributed by atoms with Crippen LogP contribution in [0.15, 0.2) is 18.2 Å². The lowest BCUT2D eigenvalue weighted by atomic mass is 9.97. The Morgan fingerprint density at radius 2 is 2.47 bits per heavy atom. The van der Waals surface area contributed by atoms with Crippen LogP contribution in [0.5, 0.6) is 5.75 Å². The number of nitrogen functional groups attached to an aromatic ring is 1. The van der Waals surface area contributed by atoms with Gasteiger partial charge in [-0.15, -0.1) is 0 Å². The largest absolute Gasteiger partial charge is 0.493 e. The van der Waals surface area contributed by atoms with Gasteiger partial charge in [0.2, 0.25) is 0 Å². The number of ether oxygens (including phenoxy) is 2. The van der Waals surface area contributed by atoms with Crippen molar-refractivity contribution >= 4 is 11.7 Å². The van der Waals surface area contributed by atoms with E-state index < -0.39 is 0 Å². The van der Waals surface area contributed by atoms with E-state index in [1.54, 1.807) is 6.07 Å². The molecule has 2 rings (SSSR count). The Hall–Kier alpha value is -1.71. The van der Waals surface area contributed by atoms with Crippen LogP contribution in [0.3, 0.4) is 0 Å². The topological polar surface area (TPSA) is 61.5 Å². The predicted octanol–water partition coefficient (Wildman–Crippen LogP) is 1.31. The maximum atomic E-state index is 11.2. The fourth-order valence-corrected chi connectivity index (χ4v) is 1.75. The van der Waals surface area contributed by atoms with Gasteiger partial charge in [-0.1, -0.05) is 0 Å². The van der Waals surface area contributed by atoms with Crippen molar-refractivity contribution < 1.29 is 14.3 Å². The van der Waals surface area contributed by atoms with E-state index in [0.29, 0.717) is 18.7 Å². The van der Waals surface area contributed by atoms with Crippen LogP contribution in [-0.2, 0) is 9.53 Å². The van der Waals surface area contributed by atoms with Gasteiger partial charge in [0.15, 0.2) is 0 Å². The van der Waals surface area contributed by atoms with Crippen molar-refractivity contribution in [2.24, 2.45) is 0 Å². The summed E-state index contributed by atoms with van der Waals surface area (Å²) in [5, 5.41) is 0. The highest BCUT2D eigenvalue weighted by atomic mass is 16.5. The SMILES string of the molecule is COC(=O)CC1COc2ccc(N)cc21. The van der Waals surface area contributed by atoms with E-state index in [1.807, 2.05) is 12.1 Å². The number of anilines is 1. The molecule has 1 aliphatic rings. The van der Waals surface area contributed by atoms with Gasteiger partial charge in [0.25, 0.3) is 0 Å². The molecule has 1 aromatic rings. The minimum atomic E-state index is -0.223. The maximum absolute atomic E-state index is 11.2. The summed E-state index contributed by atoms with van der Waals surface area (Å²) in [5.41, 5.74) is 7.37. The third-order valence-corrected chi connectivity index (χ3v) is 2.55. The Balaban J connectivity index is 2.20. The van der Waals surface area contributed by atoms with Crippen molar-refractivity contribution in [3.05, 3.63) is 23.8 Å². The Bertz CT molecular complexity index is 389. The third kappa shape index (κ3) is 1.88. The molecule has 0 saturated carbocycles. The Morgan fingerprint density at radius 1 is 1.67 bits per heavy atom. The summed E-state index contributed by atoms with van der Waals surface area (Å²) in [6, 6.07) is 5.48. The number of nitrogens with two attached hydrogens (primary N) is 1. The molecule has 15 heavy (non-hydrogen) atoms. The van der Waals surface area contributed by atoms with Crippen LogP contribution in [0.4, 0.5) is 5.69 Å². The first-order valence-corrected chi connectivity index (χ1v) is 4.79. The van der Waals surface area contributed by atoms with Crippen LogP contribution < -0.4 is 10.5 Å². The molecule has 0 aromatic heterocycles. The number of benzene rings is 1. The number of rotatable bonds is 2. The maximum Gasteiger partial charge on any atom is 0.306 e. The summed E-state index contributed by atoms with van der Waals surface area (Å²) in [4.78, 5) is 11.2. The fraction of sp³-hybridized carbons (Fsp3) is 0.364. The molecule has 1 atom stereocenters. The zero-order valence-corrected chi connectivity index (χ0v) is 8.53. The van der Waals surface area contributed by atoms with E-state index >= 15 is 0 Å². The van der Waals surface area contributed by atoms with E-state index in [-0.39, 0.29) is 11.9 Å². The van der Waals surface area contributed by atoms with Gasteiger partial charge in [-0.2, -0.15) is 0 Å². The van der Waals surface area contributed by atoms with Gasteiger partial charge in [0, 0.05) is 17.2 Å². The second-order valence-electron chi connectivity index (χ2n) is 3.59. The van der Waals surface area contributed by atoms with Gasteiger partial charge in [-0.05, 0) is 18.2 Å². The summed E-state index contributed by atoms with van der Waals surface area (Å²) in [6.45, 7) is 0.522. The normalized spacial score (nSPS) is 18.1. The Labute approximate surface area is 88.0 Å². The van der Waals surface area contributed by atoms with Crippen LogP contribution in [0.1, 0.15) is 17.9 Å². The molecular formula is C11H13NO3. The zero-order valence-electron chi connectivity index (χ0n) is 8.53. The Morgan fingerprint density at radius 3 is 3.20 bits per heavy atom. The summed E-state index contributed by atoms with van der Waals surface area (Å²) in [7, 11) is 1.39. The highest BCUT2D eigenvalue weighted by Gasteiger charge is 2.26. The molecular weight excluding hydrogens is 194 g/mol. The minimum absolute atomic E-state index is 0.0657. The second kappa shape index (κ2) is 3.81. The molecule has 0 radical (unpaired) electrons. The van der Waals surface area contributed by atoms with Gasteiger partial charge in [-0.25, -0.2) is 0 Å². The average molecular weight is 207 g/mol. The van der Waals surface area contributed by atoms with E-state index in [0.717, 1.165) is 11.3 Å². The molecule has 2 N–H and O–H groups in total. The van der Waals surface area contributed by atoms with Crippen molar-refractivity contribution in [3.8, 4) is 5.75 Å². The van der Waals surface area contributed by atoms with Gasteiger partial charge < -0.3 is 15.2 Å². The number of hydrogen-bond donors (Lipinski definition) is 1. The van der Waals surface area contributed by atoms with E-state index in [9.17, 15) is 4.79 Å². The molecule has 0 amide bonds. The third-order valence-electron chi connectivity index (χ3n) is 2.55. The quantitative estimate of drug-likeness (QED) is 0.586. The number of hydrogen-bond acceptors (Lipinski definition) is 4. The lowest BCUT2D eigenvalue weighted by molar-refractivity contribution is -0.141. The van der Waals surface area contributed by atoms with Crippen LogP contribution in [0, 0.1) is 0 Å². The number of carbonyl (C=O) groups is 1. The molecule has 4 heteroatoms. The monoisotopic (exact) mass is 207 g/mol. The van der Waals surface area contributed by atoms with Crippen molar-refractivity contribution in [2.45, 2.75) is 12.3 Å². The molecule has 1 aromatic carbocycles.